The summed E-state index contributed by atoms with van der Waals surface area (Å²) in [6.45, 7) is 4.24. The lowest BCUT2D eigenvalue weighted by molar-refractivity contribution is 0.0970. The largest absolute Gasteiger partial charge is 0.306 e. The normalized spacial score (nSPS) is 10.9. The van der Waals surface area contributed by atoms with Crippen LogP contribution >= 0.6 is 31.9 Å². The van der Waals surface area contributed by atoms with Gasteiger partial charge in [0.2, 0.25) is 0 Å². The average molecular weight is 413 g/mol. The maximum atomic E-state index is 12.3. The van der Waals surface area contributed by atoms with E-state index >= 15 is 0 Å². The number of Topliss-reactive ketones (excluding diaryl/α,β-unsaturated/α-hetero) is 1. The topological polar surface area (TPSA) is 39.1 Å². The van der Waals surface area contributed by atoms with Crippen LogP contribution in [0.5, 0.6) is 0 Å². The molecule has 0 aliphatic rings. The van der Waals surface area contributed by atoms with Gasteiger partial charge in [0.05, 0.1) is 11.0 Å². The molecule has 1 heterocycles. The van der Waals surface area contributed by atoms with Gasteiger partial charge in [-0.15, -0.1) is 0 Å². The van der Waals surface area contributed by atoms with Crippen molar-refractivity contribution >= 4 is 37.6 Å². The van der Waals surface area contributed by atoms with E-state index in [9.17, 15) is 9.59 Å². The summed E-state index contributed by atoms with van der Waals surface area (Å²) in [4.78, 5) is 24.3. The maximum Gasteiger partial charge on any atom is 0.265 e. The lowest BCUT2D eigenvalue weighted by atomic mass is 10.0. The molecule has 1 aromatic carbocycles. The molecule has 2 rings (SSSR count). The first kappa shape index (κ1) is 16.2. The van der Waals surface area contributed by atoms with E-state index in [0.29, 0.717) is 16.0 Å². The fourth-order valence-corrected chi connectivity index (χ4v) is 3.24. The molecule has 0 saturated heterocycles. The number of carbonyl (C=O) groups excluding carboxylic acids is 1. The predicted molar refractivity (Wildman–Crippen MR) is 91.0 cm³/mol. The van der Waals surface area contributed by atoms with Gasteiger partial charge in [0.1, 0.15) is 0 Å². The SMILES string of the molecule is CC(C)c1ccc(C(=O)Cn2cc(Br)cc(Br)c2=O)cc1. The standard InChI is InChI=1S/C16H15Br2NO2/c1-10(2)11-3-5-12(6-4-11)15(20)9-19-8-13(17)7-14(18)16(19)21/h3-8,10H,9H2,1-2H3. The molecule has 0 aliphatic carbocycles. The van der Waals surface area contributed by atoms with Crippen LogP contribution in [0.25, 0.3) is 0 Å². The van der Waals surface area contributed by atoms with Gasteiger partial charge in [-0.3, -0.25) is 9.59 Å². The number of hydrogen-bond acceptors (Lipinski definition) is 2. The molecule has 0 aliphatic heterocycles. The molecule has 0 atom stereocenters. The Morgan fingerprint density at radius 1 is 1.19 bits per heavy atom. The maximum absolute atomic E-state index is 12.3. The highest BCUT2D eigenvalue weighted by Gasteiger charge is 2.10. The van der Waals surface area contributed by atoms with Crippen molar-refractivity contribution in [2.24, 2.45) is 0 Å². The molecule has 0 radical (unpaired) electrons. The number of aromatic nitrogens is 1. The molecule has 0 amide bonds. The molecular weight excluding hydrogens is 398 g/mol. The van der Waals surface area contributed by atoms with Crippen LogP contribution in [0.4, 0.5) is 0 Å². The van der Waals surface area contributed by atoms with Crippen molar-refractivity contribution in [2.75, 3.05) is 0 Å². The number of halogens is 2. The van der Waals surface area contributed by atoms with Crippen LogP contribution in [-0.2, 0) is 6.54 Å². The molecule has 110 valence electrons. The third kappa shape index (κ3) is 3.92. The molecule has 0 spiro atoms. The number of carbonyl (C=O) groups is 1. The molecule has 21 heavy (non-hydrogen) atoms. The van der Waals surface area contributed by atoms with E-state index < -0.39 is 0 Å². The number of hydrogen-bond donors (Lipinski definition) is 0. The van der Waals surface area contributed by atoms with E-state index in [1.165, 1.54) is 10.1 Å². The summed E-state index contributed by atoms with van der Waals surface area (Å²) in [6.07, 6.45) is 1.62. The third-order valence-corrected chi connectivity index (χ3v) is 4.22. The lowest BCUT2D eigenvalue weighted by Gasteiger charge is -2.08. The predicted octanol–water partition coefficient (Wildman–Crippen LogP) is 4.38. The molecule has 0 N–H and O–H groups in total. The fourth-order valence-electron chi connectivity index (χ4n) is 1.98. The van der Waals surface area contributed by atoms with Crippen molar-refractivity contribution in [3.63, 3.8) is 0 Å². The third-order valence-electron chi connectivity index (χ3n) is 3.22. The van der Waals surface area contributed by atoms with E-state index in [0.717, 1.165) is 4.47 Å². The van der Waals surface area contributed by atoms with Gasteiger partial charge in [-0.25, -0.2) is 0 Å². The smallest absolute Gasteiger partial charge is 0.265 e. The Bertz CT molecular complexity index is 718. The first-order valence-corrected chi connectivity index (χ1v) is 8.15. The zero-order valence-corrected chi connectivity index (χ0v) is 14.9. The summed E-state index contributed by atoms with van der Waals surface area (Å²) in [6, 6.07) is 9.21. The van der Waals surface area contributed by atoms with Gasteiger partial charge in [0.25, 0.3) is 5.56 Å². The monoisotopic (exact) mass is 411 g/mol. The van der Waals surface area contributed by atoms with Gasteiger partial charge in [0, 0.05) is 16.2 Å². The Morgan fingerprint density at radius 3 is 2.38 bits per heavy atom. The van der Waals surface area contributed by atoms with Gasteiger partial charge in [-0.05, 0) is 49.4 Å². The van der Waals surface area contributed by atoms with E-state index in [2.05, 4.69) is 45.7 Å². The minimum atomic E-state index is -0.217. The number of ketones is 1. The molecule has 0 fully saturated rings. The Labute approximate surface area is 140 Å². The first-order valence-electron chi connectivity index (χ1n) is 6.57. The van der Waals surface area contributed by atoms with Crippen LogP contribution < -0.4 is 5.56 Å². The van der Waals surface area contributed by atoms with Crippen LogP contribution in [0.1, 0.15) is 35.7 Å². The van der Waals surface area contributed by atoms with Crippen LogP contribution in [0.2, 0.25) is 0 Å². The van der Waals surface area contributed by atoms with E-state index in [-0.39, 0.29) is 17.9 Å². The molecule has 0 bridgehead atoms. The highest BCUT2D eigenvalue weighted by molar-refractivity contribution is 9.11. The van der Waals surface area contributed by atoms with Crippen LogP contribution in [-0.4, -0.2) is 10.4 Å². The van der Waals surface area contributed by atoms with Crippen molar-refractivity contribution < 1.29 is 4.79 Å². The fraction of sp³-hybridized carbons (Fsp3) is 0.250. The van der Waals surface area contributed by atoms with Crippen molar-refractivity contribution in [3.05, 3.63) is 67.0 Å². The zero-order valence-electron chi connectivity index (χ0n) is 11.8. The van der Waals surface area contributed by atoms with Crippen molar-refractivity contribution in [1.82, 2.24) is 4.57 Å². The molecule has 5 heteroatoms. The molecule has 3 nitrogen and oxygen atoms in total. The van der Waals surface area contributed by atoms with E-state index in [1.807, 2.05) is 24.3 Å². The molecule has 0 unspecified atom stereocenters. The number of benzene rings is 1. The summed E-state index contributed by atoms with van der Waals surface area (Å²) in [5.41, 5.74) is 1.58. The second-order valence-electron chi connectivity index (χ2n) is 5.14. The highest BCUT2D eigenvalue weighted by Crippen LogP contribution is 2.16. The van der Waals surface area contributed by atoms with E-state index in [4.69, 9.17) is 0 Å². The van der Waals surface area contributed by atoms with Gasteiger partial charge >= 0.3 is 0 Å². The lowest BCUT2D eigenvalue weighted by Crippen LogP contribution is -2.24. The summed E-state index contributed by atoms with van der Waals surface area (Å²) < 4.78 is 2.57. The van der Waals surface area contributed by atoms with Crippen molar-refractivity contribution in [1.29, 1.82) is 0 Å². The second kappa shape index (κ2) is 6.71. The van der Waals surface area contributed by atoms with Gasteiger partial charge in [0.15, 0.2) is 5.78 Å². The average Bonchev–Trinajstić information content (AvgIpc) is 2.44. The molecule has 2 aromatic rings. The summed E-state index contributed by atoms with van der Waals surface area (Å²) in [5, 5.41) is 0. The number of pyridine rings is 1. The van der Waals surface area contributed by atoms with Crippen LogP contribution in [0.15, 0.2) is 50.3 Å². The Kier molecular flexibility index (Phi) is 5.17. The van der Waals surface area contributed by atoms with Gasteiger partial charge in [-0.1, -0.05) is 38.1 Å². The Morgan fingerprint density at radius 2 is 1.81 bits per heavy atom. The van der Waals surface area contributed by atoms with E-state index in [1.54, 1.807) is 12.3 Å². The quantitative estimate of drug-likeness (QED) is 0.699. The molecular formula is C16H15Br2NO2. The van der Waals surface area contributed by atoms with Crippen LogP contribution in [0.3, 0.4) is 0 Å². The van der Waals surface area contributed by atoms with Crippen LogP contribution in [0, 0.1) is 0 Å². The molecule has 0 saturated carbocycles. The van der Waals surface area contributed by atoms with Gasteiger partial charge < -0.3 is 4.57 Å². The summed E-state index contributed by atoms with van der Waals surface area (Å²) in [5.74, 6) is 0.343. The van der Waals surface area contributed by atoms with Crippen molar-refractivity contribution in [2.45, 2.75) is 26.3 Å². The highest BCUT2D eigenvalue weighted by atomic mass is 79.9. The first-order chi connectivity index (χ1) is 9.88. The summed E-state index contributed by atoms with van der Waals surface area (Å²) >= 11 is 6.51. The summed E-state index contributed by atoms with van der Waals surface area (Å²) in [7, 11) is 0. The minimum Gasteiger partial charge on any atom is -0.306 e. The number of rotatable bonds is 4. The second-order valence-corrected chi connectivity index (χ2v) is 6.91. The van der Waals surface area contributed by atoms with Gasteiger partial charge in [-0.2, -0.15) is 0 Å². The minimum absolute atomic E-state index is 0.0257. The molecule has 1 aromatic heterocycles. The Hall–Kier alpha value is -1.20. The Balaban J connectivity index is 2.24. The van der Waals surface area contributed by atoms with Crippen molar-refractivity contribution in [3.8, 4) is 0 Å². The number of nitrogens with zero attached hydrogens (tertiary/aromatic N) is 1. The zero-order chi connectivity index (χ0) is 15.6.